The van der Waals surface area contributed by atoms with E-state index in [0.717, 1.165) is 19.4 Å². The van der Waals surface area contributed by atoms with Crippen LogP contribution < -0.4 is 0 Å². The van der Waals surface area contributed by atoms with E-state index < -0.39 is 5.60 Å². The lowest BCUT2D eigenvalue weighted by Gasteiger charge is -2.30. The molecule has 1 amide bonds. The van der Waals surface area contributed by atoms with Crippen molar-refractivity contribution in [2.75, 3.05) is 33.3 Å². The predicted molar refractivity (Wildman–Crippen MR) is 70.5 cm³/mol. The Hall–Kier alpha value is -0.810. The lowest BCUT2D eigenvalue weighted by molar-refractivity contribution is 0.0255. The highest BCUT2D eigenvalue weighted by atomic mass is 16.6. The van der Waals surface area contributed by atoms with Gasteiger partial charge in [-0.05, 0) is 40.2 Å². The standard InChI is InChI=1S/C13H26N2O3/c1-13(2,3)18-12(17)14(4)10-11-6-5-7-15(11)8-9-16/h11,16H,5-10H2,1-4H3/t11-/m0/s1. The molecule has 0 aromatic carbocycles. The molecular weight excluding hydrogens is 232 g/mol. The zero-order valence-electron chi connectivity index (χ0n) is 12.0. The summed E-state index contributed by atoms with van der Waals surface area (Å²) < 4.78 is 5.32. The highest BCUT2D eigenvalue weighted by Gasteiger charge is 2.28. The Morgan fingerprint density at radius 3 is 2.72 bits per heavy atom. The number of rotatable bonds is 4. The van der Waals surface area contributed by atoms with Crippen LogP contribution in [0.1, 0.15) is 33.6 Å². The number of aliphatic hydroxyl groups is 1. The Morgan fingerprint density at radius 2 is 2.17 bits per heavy atom. The largest absolute Gasteiger partial charge is 0.444 e. The van der Waals surface area contributed by atoms with Gasteiger partial charge >= 0.3 is 6.09 Å². The number of carbonyl (C=O) groups excluding carboxylic acids is 1. The topological polar surface area (TPSA) is 53.0 Å². The molecular formula is C13H26N2O3. The number of aliphatic hydroxyl groups excluding tert-OH is 1. The van der Waals surface area contributed by atoms with Gasteiger partial charge < -0.3 is 14.7 Å². The number of hydrogen-bond acceptors (Lipinski definition) is 4. The van der Waals surface area contributed by atoms with Crippen molar-refractivity contribution < 1.29 is 14.6 Å². The van der Waals surface area contributed by atoms with E-state index >= 15 is 0 Å². The minimum atomic E-state index is -0.453. The summed E-state index contributed by atoms with van der Waals surface area (Å²) in [6.07, 6.45) is 1.93. The first-order valence-electron chi connectivity index (χ1n) is 6.62. The highest BCUT2D eigenvalue weighted by molar-refractivity contribution is 5.67. The van der Waals surface area contributed by atoms with Crippen LogP contribution in [0.15, 0.2) is 0 Å². The maximum Gasteiger partial charge on any atom is 0.410 e. The van der Waals surface area contributed by atoms with E-state index in [1.807, 2.05) is 20.8 Å². The number of carbonyl (C=O) groups is 1. The molecule has 1 heterocycles. The van der Waals surface area contributed by atoms with Gasteiger partial charge in [0, 0.05) is 26.2 Å². The van der Waals surface area contributed by atoms with Crippen molar-refractivity contribution in [2.24, 2.45) is 0 Å². The lowest BCUT2D eigenvalue weighted by Crippen LogP contribution is -2.43. The van der Waals surface area contributed by atoms with Gasteiger partial charge in [-0.3, -0.25) is 4.90 Å². The van der Waals surface area contributed by atoms with Gasteiger partial charge in [-0.2, -0.15) is 0 Å². The minimum Gasteiger partial charge on any atom is -0.444 e. The maximum absolute atomic E-state index is 11.8. The first kappa shape index (κ1) is 15.2. The molecule has 0 unspecified atom stereocenters. The van der Waals surface area contributed by atoms with Gasteiger partial charge in [-0.15, -0.1) is 0 Å². The van der Waals surface area contributed by atoms with E-state index in [0.29, 0.717) is 19.1 Å². The Labute approximate surface area is 110 Å². The van der Waals surface area contributed by atoms with E-state index in [-0.39, 0.29) is 12.7 Å². The fourth-order valence-electron chi connectivity index (χ4n) is 2.26. The number of nitrogens with zero attached hydrogens (tertiary/aromatic N) is 2. The summed E-state index contributed by atoms with van der Waals surface area (Å²) in [7, 11) is 1.77. The van der Waals surface area contributed by atoms with E-state index in [1.54, 1.807) is 11.9 Å². The van der Waals surface area contributed by atoms with Crippen LogP contribution >= 0.6 is 0 Å². The molecule has 1 aliphatic heterocycles. The molecule has 0 aromatic heterocycles. The van der Waals surface area contributed by atoms with Crippen molar-refractivity contribution in [3.63, 3.8) is 0 Å². The van der Waals surface area contributed by atoms with E-state index in [4.69, 9.17) is 9.84 Å². The van der Waals surface area contributed by atoms with Crippen LogP contribution in [0.25, 0.3) is 0 Å². The van der Waals surface area contributed by atoms with Gasteiger partial charge in [0.2, 0.25) is 0 Å². The number of hydrogen-bond donors (Lipinski definition) is 1. The van der Waals surface area contributed by atoms with E-state index in [1.165, 1.54) is 0 Å². The van der Waals surface area contributed by atoms with Crippen LogP contribution in [-0.4, -0.2) is 65.9 Å². The first-order chi connectivity index (χ1) is 8.33. The molecule has 18 heavy (non-hydrogen) atoms. The van der Waals surface area contributed by atoms with Crippen LogP contribution in [0.2, 0.25) is 0 Å². The Balaban J connectivity index is 2.43. The molecule has 0 spiro atoms. The molecule has 5 nitrogen and oxygen atoms in total. The third-order valence-electron chi connectivity index (χ3n) is 3.08. The van der Waals surface area contributed by atoms with Crippen LogP contribution in [0, 0.1) is 0 Å². The molecule has 0 aromatic rings. The summed E-state index contributed by atoms with van der Waals surface area (Å²) in [6, 6.07) is 0.342. The van der Waals surface area contributed by atoms with Crippen LogP contribution in [0.4, 0.5) is 4.79 Å². The zero-order valence-corrected chi connectivity index (χ0v) is 12.0. The molecule has 0 saturated carbocycles. The molecule has 1 atom stereocenters. The molecule has 0 aliphatic carbocycles. The van der Waals surface area contributed by atoms with Crippen LogP contribution in [-0.2, 0) is 4.74 Å². The molecule has 1 N–H and O–H groups in total. The van der Waals surface area contributed by atoms with Gasteiger partial charge in [0.1, 0.15) is 5.60 Å². The van der Waals surface area contributed by atoms with Crippen molar-refractivity contribution in [3.05, 3.63) is 0 Å². The summed E-state index contributed by atoms with van der Waals surface area (Å²) in [6.45, 7) is 8.13. The average molecular weight is 258 g/mol. The summed E-state index contributed by atoms with van der Waals surface area (Å²) in [5.74, 6) is 0. The quantitative estimate of drug-likeness (QED) is 0.826. The minimum absolute atomic E-state index is 0.173. The smallest absolute Gasteiger partial charge is 0.410 e. The molecule has 1 rings (SSSR count). The van der Waals surface area contributed by atoms with Gasteiger partial charge in [0.15, 0.2) is 0 Å². The highest BCUT2D eigenvalue weighted by Crippen LogP contribution is 2.18. The number of likely N-dealkylation sites (N-methyl/N-ethyl adjacent to an activating group) is 1. The fraction of sp³-hybridized carbons (Fsp3) is 0.923. The van der Waals surface area contributed by atoms with Crippen molar-refractivity contribution in [1.82, 2.24) is 9.80 Å². The van der Waals surface area contributed by atoms with E-state index in [2.05, 4.69) is 4.90 Å². The second-order valence-electron chi connectivity index (χ2n) is 5.92. The normalized spacial score (nSPS) is 21.1. The molecule has 0 radical (unpaired) electrons. The van der Waals surface area contributed by atoms with Crippen molar-refractivity contribution in [1.29, 1.82) is 0 Å². The van der Waals surface area contributed by atoms with Crippen molar-refractivity contribution in [3.8, 4) is 0 Å². The maximum atomic E-state index is 11.8. The third kappa shape index (κ3) is 4.82. The summed E-state index contributed by atoms with van der Waals surface area (Å²) in [5, 5.41) is 8.99. The Morgan fingerprint density at radius 1 is 1.50 bits per heavy atom. The van der Waals surface area contributed by atoms with Gasteiger partial charge in [0.25, 0.3) is 0 Å². The van der Waals surface area contributed by atoms with Crippen molar-refractivity contribution >= 4 is 6.09 Å². The zero-order chi connectivity index (χ0) is 13.8. The molecule has 1 saturated heterocycles. The Kier molecular flexibility index (Phi) is 5.41. The lowest BCUT2D eigenvalue weighted by atomic mass is 10.2. The number of ether oxygens (including phenoxy) is 1. The predicted octanol–water partition coefficient (Wildman–Crippen LogP) is 1.31. The molecule has 5 heteroatoms. The summed E-state index contributed by atoms with van der Waals surface area (Å²) in [4.78, 5) is 15.7. The summed E-state index contributed by atoms with van der Waals surface area (Å²) in [5.41, 5.74) is -0.453. The molecule has 0 bridgehead atoms. The fourth-order valence-corrected chi connectivity index (χ4v) is 2.26. The monoisotopic (exact) mass is 258 g/mol. The SMILES string of the molecule is CN(C[C@@H]1CCCN1CCO)C(=O)OC(C)(C)C. The van der Waals surface area contributed by atoms with E-state index in [9.17, 15) is 4.79 Å². The first-order valence-corrected chi connectivity index (χ1v) is 6.62. The van der Waals surface area contributed by atoms with Gasteiger partial charge in [0.05, 0.1) is 6.61 Å². The molecule has 1 aliphatic rings. The van der Waals surface area contributed by atoms with Gasteiger partial charge in [-0.25, -0.2) is 4.79 Å². The number of likely N-dealkylation sites (tertiary alicyclic amines) is 1. The number of amides is 1. The van der Waals surface area contributed by atoms with Crippen molar-refractivity contribution in [2.45, 2.75) is 45.3 Å². The second kappa shape index (κ2) is 6.38. The van der Waals surface area contributed by atoms with Crippen LogP contribution in [0.5, 0.6) is 0 Å². The average Bonchev–Trinajstić information content (AvgIpc) is 2.64. The third-order valence-corrected chi connectivity index (χ3v) is 3.08. The van der Waals surface area contributed by atoms with Crippen LogP contribution in [0.3, 0.4) is 0 Å². The molecule has 1 fully saturated rings. The van der Waals surface area contributed by atoms with Gasteiger partial charge in [-0.1, -0.05) is 0 Å². The Bertz CT molecular complexity index is 276. The molecule has 106 valence electrons. The second-order valence-corrected chi connectivity index (χ2v) is 5.92. The number of β-amino-alcohol motifs (C(OH)–C–C–N with tert-alkyl or cyclic N) is 1. The summed E-state index contributed by atoms with van der Waals surface area (Å²) >= 11 is 0.